The fraction of sp³-hybridized carbons (Fsp3) is 0.176. The molecule has 4 nitrogen and oxygen atoms in total. The Hall–Kier alpha value is -2.69. The molecule has 5 heteroatoms. The van der Waals surface area contributed by atoms with Crippen LogP contribution in [0.5, 0.6) is 0 Å². The van der Waals surface area contributed by atoms with Gasteiger partial charge in [0.1, 0.15) is 5.82 Å². The standard InChI is InChI=1S/C17H15FN2O2/c1-20-15-7-6-14(9-12(15)10-17(20)22)19-16(21)8-11-2-4-13(18)5-3-11/h2-7,9H,8,10H2,1H3,(H,19,21). The summed E-state index contributed by atoms with van der Waals surface area (Å²) in [5, 5.41) is 2.80. The zero-order valence-corrected chi connectivity index (χ0v) is 12.1. The summed E-state index contributed by atoms with van der Waals surface area (Å²) in [7, 11) is 1.74. The Labute approximate surface area is 127 Å². The highest BCUT2D eigenvalue weighted by atomic mass is 19.1. The minimum atomic E-state index is -0.323. The molecule has 1 N–H and O–H groups in total. The average molecular weight is 298 g/mol. The van der Waals surface area contributed by atoms with Gasteiger partial charge < -0.3 is 10.2 Å². The maximum absolute atomic E-state index is 12.8. The molecule has 1 aliphatic heterocycles. The van der Waals surface area contributed by atoms with Crippen molar-refractivity contribution in [3.05, 3.63) is 59.4 Å². The van der Waals surface area contributed by atoms with Gasteiger partial charge in [-0.1, -0.05) is 12.1 Å². The second kappa shape index (κ2) is 5.60. The van der Waals surface area contributed by atoms with Crippen molar-refractivity contribution in [3.8, 4) is 0 Å². The fourth-order valence-corrected chi connectivity index (χ4v) is 2.54. The zero-order chi connectivity index (χ0) is 15.7. The number of benzene rings is 2. The third-order valence-electron chi connectivity index (χ3n) is 3.72. The number of carbonyl (C=O) groups excluding carboxylic acids is 2. The van der Waals surface area contributed by atoms with Crippen molar-refractivity contribution < 1.29 is 14.0 Å². The van der Waals surface area contributed by atoms with Crippen molar-refractivity contribution in [3.63, 3.8) is 0 Å². The topological polar surface area (TPSA) is 49.4 Å². The van der Waals surface area contributed by atoms with Crippen molar-refractivity contribution in [2.24, 2.45) is 0 Å². The summed E-state index contributed by atoms with van der Waals surface area (Å²) in [5.41, 5.74) is 3.19. The largest absolute Gasteiger partial charge is 0.326 e. The summed E-state index contributed by atoms with van der Waals surface area (Å²) in [5.74, 6) is -0.453. The smallest absolute Gasteiger partial charge is 0.231 e. The molecule has 0 aliphatic carbocycles. The van der Waals surface area contributed by atoms with Gasteiger partial charge in [-0.15, -0.1) is 0 Å². The Balaban J connectivity index is 1.69. The Morgan fingerprint density at radius 3 is 2.68 bits per heavy atom. The second-order valence-corrected chi connectivity index (χ2v) is 5.32. The highest BCUT2D eigenvalue weighted by Gasteiger charge is 2.23. The van der Waals surface area contributed by atoms with Crippen LogP contribution in [0, 0.1) is 5.82 Å². The predicted octanol–water partition coefficient (Wildman–Crippen LogP) is 2.53. The Bertz CT molecular complexity index is 741. The Kier molecular flexibility index (Phi) is 3.63. The lowest BCUT2D eigenvalue weighted by Gasteiger charge is -2.11. The van der Waals surface area contributed by atoms with Gasteiger partial charge in [-0.25, -0.2) is 4.39 Å². The van der Waals surface area contributed by atoms with E-state index in [0.29, 0.717) is 12.1 Å². The lowest BCUT2D eigenvalue weighted by Crippen LogP contribution is -2.20. The minimum absolute atomic E-state index is 0.0461. The number of amides is 2. The lowest BCUT2D eigenvalue weighted by molar-refractivity contribution is -0.117. The van der Waals surface area contributed by atoms with Crippen molar-refractivity contribution in [1.82, 2.24) is 0 Å². The number of hydrogen-bond donors (Lipinski definition) is 1. The van der Waals surface area contributed by atoms with Gasteiger partial charge in [0.15, 0.2) is 0 Å². The maximum Gasteiger partial charge on any atom is 0.231 e. The van der Waals surface area contributed by atoms with Gasteiger partial charge in [-0.2, -0.15) is 0 Å². The molecule has 2 aromatic rings. The van der Waals surface area contributed by atoms with E-state index in [0.717, 1.165) is 16.8 Å². The van der Waals surface area contributed by atoms with E-state index in [-0.39, 0.29) is 24.1 Å². The van der Waals surface area contributed by atoms with E-state index in [1.807, 2.05) is 12.1 Å². The molecule has 22 heavy (non-hydrogen) atoms. The lowest BCUT2D eigenvalue weighted by atomic mass is 10.1. The molecule has 0 saturated heterocycles. The second-order valence-electron chi connectivity index (χ2n) is 5.32. The molecular weight excluding hydrogens is 283 g/mol. The predicted molar refractivity (Wildman–Crippen MR) is 82.3 cm³/mol. The van der Waals surface area contributed by atoms with Crippen LogP contribution in [-0.4, -0.2) is 18.9 Å². The first-order valence-electron chi connectivity index (χ1n) is 6.97. The molecule has 2 aromatic carbocycles. The van der Waals surface area contributed by atoms with Crippen LogP contribution in [0.25, 0.3) is 0 Å². The molecule has 1 aliphatic rings. The molecule has 112 valence electrons. The highest BCUT2D eigenvalue weighted by molar-refractivity contribution is 6.02. The van der Waals surface area contributed by atoms with Gasteiger partial charge in [-0.05, 0) is 41.5 Å². The molecule has 0 bridgehead atoms. The number of fused-ring (bicyclic) bond motifs is 1. The van der Waals surface area contributed by atoms with Gasteiger partial charge >= 0.3 is 0 Å². The molecule has 0 unspecified atom stereocenters. The number of halogens is 1. The van der Waals surface area contributed by atoms with Crippen LogP contribution in [0.3, 0.4) is 0 Å². The van der Waals surface area contributed by atoms with Gasteiger partial charge in [0.25, 0.3) is 0 Å². The van der Waals surface area contributed by atoms with E-state index in [4.69, 9.17) is 0 Å². The first-order chi connectivity index (χ1) is 10.5. The van der Waals surface area contributed by atoms with Crippen LogP contribution in [-0.2, 0) is 22.4 Å². The number of carbonyl (C=O) groups is 2. The van der Waals surface area contributed by atoms with E-state index in [1.165, 1.54) is 12.1 Å². The molecule has 0 fully saturated rings. The zero-order valence-electron chi connectivity index (χ0n) is 12.1. The third-order valence-corrected chi connectivity index (χ3v) is 3.72. The van der Waals surface area contributed by atoms with Crippen LogP contribution in [0.1, 0.15) is 11.1 Å². The fourth-order valence-electron chi connectivity index (χ4n) is 2.54. The van der Waals surface area contributed by atoms with Crippen LogP contribution < -0.4 is 10.2 Å². The monoisotopic (exact) mass is 298 g/mol. The molecule has 3 rings (SSSR count). The van der Waals surface area contributed by atoms with Crippen molar-refractivity contribution >= 4 is 23.2 Å². The van der Waals surface area contributed by atoms with Crippen LogP contribution in [0.2, 0.25) is 0 Å². The quantitative estimate of drug-likeness (QED) is 0.946. The molecule has 2 amide bonds. The Morgan fingerprint density at radius 2 is 1.95 bits per heavy atom. The number of hydrogen-bond acceptors (Lipinski definition) is 2. The minimum Gasteiger partial charge on any atom is -0.326 e. The van der Waals surface area contributed by atoms with E-state index < -0.39 is 0 Å². The van der Waals surface area contributed by atoms with E-state index in [2.05, 4.69) is 5.32 Å². The summed E-state index contributed by atoms with van der Waals surface area (Å²) in [6.45, 7) is 0. The molecule has 0 aromatic heterocycles. The molecule has 0 saturated carbocycles. The molecule has 0 spiro atoms. The van der Waals surface area contributed by atoms with Gasteiger partial charge in [-0.3, -0.25) is 9.59 Å². The molecule has 0 radical (unpaired) electrons. The SMILES string of the molecule is CN1C(=O)Cc2cc(NC(=O)Cc3ccc(F)cc3)ccc21. The number of nitrogens with zero attached hydrogens (tertiary/aromatic N) is 1. The number of likely N-dealkylation sites (N-methyl/N-ethyl adjacent to an activating group) is 1. The van der Waals surface area contributed by atoms with E-state index in [1.54, 1.807) is 30.1 Å². The van der Waals surface area contributed by atoms with Crippen LogP contribution in [0.4, 0.5) is 15.8 Å². The summed E-state index contributed by atoms with van der Waals surface area (Å²) in [4.78, 5) is 25.3. The highest BCUT2D eigenvalue weighted by Crippen LogP contribution is 2.29. The van der Waals surface area contributed by atoms with Gasteiger partial charge in [0.2, 0.25) is 11.8 Å². The van der Waals surface area contributed by atoms with E-state index >= 15 is 0 Å². The first kappa shape index (κ1) is 14.3. The number of nitrogens with one attached hydrogen (secondary N) is 1. The molecular formula is C17H15FN2O2. The molecule has 0 atom stereocenters. The summed E-state index contributed by atoms with van der Waals surface area (Å²) < 4.78 is 12.8. The Morgan fingerprint density at radius 1 is 1.23 bits per heavy atom. The van der Waals surface area contributed by atoms with Crippen LogP contribution >= 0.6 is 0 Å². The number of rotatable bonds is 3. The summed E-state index contributed by atoms with van der Waals surface area (Å²) in [6.07, 6.45) is 0.531. The normalized spacial score (nSPS) is 13.2. The summed E-state index contributed by atoms with van der Waals surface area (Å²) in [6, 6.07) is 11.3. The van der Waals surface area contributed by atoms with Crippen molar-refractivity contribution in [2.75, 3.05) is 17.3 Å². The maximum atomic E-state index is 12.8. The molecule has 1 heterocycles. The summed E-state index contributed by atoms with van der Waals surface area (Å²) >= 11 is 0. The van der Waals surface area contributed by atoms with Crippen LogP contribution in [0.15, 0.2) is 42.5 Å². The van der Waals surface area contributed by atoms with Crippen molar-refractivity contribution in [2.45, 2.75) is 12.8 Å². The van der Waals surface area contributed by atoms with Gasteiger partial charge in [0.05, 0.1) is 12.8 Å². The average Bonchev–Trinajstić information content (AvgIpc) is 2.76. The third kappa shape index (κ3) is 2.83. The van der Waals surface area contributed by atoms with Gasteiger partial charge in [0, 0.05) is 18.4 Å². The van der Waals surface area contributed by atoms with E-state index in [9.17, 15) is 14.0 Å². The first-order valence-corrected chi connectivity index (χ1v) is 6.97. The number of anilines is 2. The van der Waals surface area contributed by atoms with Crippen molar-refractivity contribution in [1.29, 1.82) is 0 Å².